The molecule has 0 bridgehead atoms. The summed E-state index contributed by atoms with van der Waals surface area (Å²) in [6.45, 7) is 6.17. The van der Waals surface area contributed by atoms with Gasteiger partial charge in [-0.3, -0.25) is 9.59 Å². The maximum absolute atomic E-state index is 14.7. The summed E-state index contributed by atoms with van der Waals surface area (Å²) in [4.78, 5) is 31.3. The zero-order chi connectivity index (χ0) is 22.5. The molecule has 32 heavy (non-hydrogen) atoms. The van der Waals surface area contributed by atoms with Gasteiger partial charge in [0.15, 0.2) is 0 Å². The first-order valence-corrected chi connectivity index (χ1v) is 11.5. The van der Waals surface area contributed by atoms with E-state index in [0.29, 0.717) is 42.6 Å². The number of fused-ring (bicyclic) bond motifs is 5. The number of halogens is 1. The predicted molar refractivity (Wildman–Crippen MR) is 121 cm³/mol. The Morgan fingerprint density at radius 3 is 2.72 bits per heavy atom. The monoisotopic (exact) mass is 431 g/mol. The molecule has 3 heterocycles. The van der Waals surface area contributed by atoms with Crippen LogP contribution in [0.2, 0.25) is 0 Å². The maximum atomic E-state index is 14.7. The van der Waals surface area contributed by atoms with E-state index in [-0.39, 0.29) is 23.2 Å². The van der Waals surface area contributed by atoms with Crippen LogP contribution in [0.15, 0.2) is 16.9 Å². The lowest BCUT2D eigenvalue weighted by atomic mass is 9.69. The minimum atomic E-state index is -0.664. The fourth-order valence-electron chi connectivity index (χ4n) is 6.17. The Bertz CT molecular complexity index is 1440. The molecular formula is C26H26FN3O2. The topological polar surface area (TPSA) is 78.0 Å². The highest BCUT2D eigenvalue weighted by Gasteiger charge is 2.41. The van der Waals surface area contributed by atoms with Crippen LogP contribution in [0.5, 0.6) is 0 Å². The molecule has 0 fully saturated rings. The van der Waals surface area contributed by atoms with E-state index in [9.17, 15) is 14.0 Å². The van der Waals surface area contributed by atoms with Crippen LogP contribution in [0, 0.1) is 12.7 Å². The fraction of sp³-hybridized carbons (Fsp3) is 0.423. The molecule has 0 radical (unpaired) electrons. The minimum Gasteiger partial charge on any atom is -0.324 e. The van der Waals surface area contributed by atoms with E-state index in [4.69, 9.17) is 10.7 Å². The molecule has 2 unspecified atom stereocenters. The van der Waals surface area contributed by atoms with E-state index >= 15 is 0 Å². The molecule has 1 aliphatic heterocycles. The molecule has 2 atom stereocenters. The van der Waals surface area contributed by atoms with Crippen molar-refractivity contribution >= 4 is 16.7 Å². The lowest BCUT2D eigenvalue weighted by molar-refractivity contribution is -0.124. The van der Waals surface area contributed by atoms with Crippen LogP contribution >= 0.6 is 0 Å². The molecule has 6 heteroatoms. The third-order valence-corrected chi connectivity index (χ3v) is 8.30. The van der Waals surface area contributed by atoms with Crippen molar-refractivity contribution in [1.82, 2.24) is 9.55 Å². The Hall–Kier alpha value is -2.86. The molecule has 2 N–H and O–H groups in total. The highest BCUT2D eigenvalue weighted by Crippen LogP contribution is 2.45. The van der Waals surface area contributed by atoms with E-state index in [1.165, 1.54) is 6.07 Å². The Morgan fingerprint density at radius 1 is 1.19 bits per heavy atom. The molecule has 164 valence electrons. The number of carbonyl (C=O) groups excluding carboxylic acids is 1. The molecule has 3 aliphatic rings. The number of hydrogen-bond donors (Lipinski definition) is 1. The van der Waals surface area contributed by atoms with Crippen molar-refractivity contribution in [3.8, 4) is 11.4 Å². The largest absolute Gasteiger partial charge is 0.324 e. The number of nitrogens with two attached hydrogens (primary N) is 1. The van der Waals surface area contributed by atoms with Crippen LogP contribution in [0.3, 0.4) is 0 Å². The standard InChI is InChI=1S/C26H26FN3O2/c1-4-26(3)16-9-20-24-15(11-30(20)25(32)14(16)6-8-21(26)31)22-18(28)7-5-13-12(2)17(27)10-19(29-24)23(13)22/h9-10,18H,4-8,11,28H2,1-3H3. The summed E-state index contributed by atoms with van der Waals surface area (Å²) in [5, 5.41) is 0.959. The van der Waals surface area contributed by atoms with Gasteiger partial charge < -0.3 is 10.3 Å². The van der Waals surface area contributed by atoms with Crippen LogP contribution in [0.25, 0.3) is 22.3 Å². The smallest absolute Gasteiger partial charge is 0.254 e. The number of benzene rings is 1. The Morgan fingerprint density at radius 2 is 1.97 bits per heavy atom. The van der Waals surface area contributed by atoms with Gasteiger partial charge in [0, 0.05) is 35.0 Å². The minimum absolute atomic E-state index is 0.0362. The SMILES string of the molecule is CCC1(C)C(=O)CCc2c1cc1n(c2=O)Cc2c-1nc1cc(F)c(C)c3c1c2C(N)CC3. The third-order valence-electron chi connectivity index (χ3n) is 8.30. The maximum Gasteiger partial charge on any atom is 0.254 e. The first-order valence-electron chi connectivity index (χ1n) is 11.5. The number of pyridine rings is 2. The first kappa shape index (κ1) is 19.8. The van der Waals surface area contributed by atoms with Gasteiger partial charge in [0.25, 0.3) is 5.56 Å². The van der Waals surface area contributed by atoms with Gasteiger partial charge in [-0.15, -0.1) is 0 Å². The van der Waals surface area contributed by atoms with Crippen molar-refractivity contribution < 1.29 is 9.18 Å². The number of rotatable bonds is 1. The molecule has 6 rings (SSSR count). The first-order chi connectivity index (χ1) is 15.3. The van der Waals surface area contributed by atoms with Crippen molar-refractivity contribution in [1.29, 1.82) is 0 Å². The average molecular weight is 432 g/mol. The lowest BCUT2D eigenvalue weighted by Crippen LogP contribution is -2.41. The van der Waals surface area contributed by atoms with Gasteiger partial charge in [-0.2, -0.15) is 0 Å². The Balaban J connectivity index is 1.70. The summed E-state index contributed by atoms with van der Waals surface area (Å²) in [7, 11) is 0. The van der Waals surface area contributed by atoms with E-state index in [1.54, 1.807) is 4.57 Å². The molecule has 0 spiro atoms. The molecule has 5 nitrogen and oxygen atoms in total. The summed E-state index contributed by atoms with van der Waals surface area (Å²) >= 11 is 0. The van der Waals surface area contributed by atoms with Crippen LogP contribution in [0.4, 0.5) is 4.39 Å². The third kappa shape index (κ3) is 2.28. The van der Waals surface area contributed by atoms with Gasteiger partial charge in [0.2, 0.25) is 0 Å². The second-order valence-corrected chi connectivity index (χ2v) is 9.78. The van der Waals surface area contributed by atoms with Gasteiger partial charge >= 0.3 is 0 Å². The van der Waals surface area contributed by atoms with Crippen LogP contribution < -0.4 is 11.3 Å². The van der Waals surface area contributed by atoms with Crippen LogP contribution in [-0.4, -0.2) is 15.3 Å². The molecule has 2 aliphatic carbocycles. The highest BCUT2D eigenvalue weighted by molar-refractivity contribution is 5.94. The molecule has 3 aromatic rings. The number of Topliss-reactive ketones (excluding diaryl/α,β-unsaturated/α-hetero) is 1. The number of aryl methyl sites for hydroxylation is 1. The van der Waals surface area contributed by atoms with Crippen LogP contribution in [-0.2, 0) is 29.6 Å². The number of nitrogens with zero attached hydrogens (tertiary/aromatic N) is 2. The second-order valence-electron chi connectivity index (χ2n) is 9.78. The van der Waals surface area contributed by atoms with Crippen molar-refractivity contribution in [2.24, 2.45) is 5.73 Å². The summed E-state index contributed by atoms with van der Waals surface area (Å²) in [6, 6.07) is 3.32. The van der Waals surface area contributed by atoms with Crippen molar-refractivity contribution in [3.05, 3.63) is 61.7 Å². The molecule has 1 aromatic carbocycles. The van der Waals surface area contributed by atoms with Gasteiger partial charge in [0.05, 0.1) is 28.9 Å². The number of carbonyl (C=O) groups is 1. The quantitative estimate of drug-likeness (QED) is 0.494. The van der Waals surface area contributed by atoms with Crippen molar-refractivity contribution in [3.63, 3.8) is 0 Å². The van der Waals surface area contributed by atoms with E-state index in [1.807, 2.05) is 26.8 Å². The predicted octanol–water partition coefficient (Wildman–Crippen LogP) is 4.00. The molecule has 0 saturated carbocycles. The second kappa shape index (κ2) is 6.35. The average Bonchev–Trinajstić information content (AvgIpc) is 3.14. The summed E-state index contributed by atoms with van der Waals surface area (Å²) in [5.74, 6) is -0.0767. The summed E-state index contributed by atoms with van der Waals surface area (Å²) in [5.41, 5.74) is 13.1. The zero-order valence-electron chi connectivity index (χ0n) is 18.6. The molecular weight excluding hydrogens is 405 g/mol. The molecule has 0 amide bonds. The van der Waals surface area contributed by atoms with E-state index in [2.05, 4.69) is 0 Å². The van der Waals surface area contributed by atoms with E-state index in [0.717, 1.165) is 51.7 Å². The normalized spacial score (nSPS) is 23.3. The van der Waals surface area contributed by atoms with Gasteiger partial charge in [-0.1, -0.05) is 6.92 Å². The van der Waals surface area contributed by atoms with Crippen molar-refractivity contribution in [2.45, 2.75) is 70.9 Å². The number of ketones is 1. The zero-order valence-corrected chi connectivity index (χ0v) is 18.6. The lowest BCUT2D eigenvalue weighted by Gasteiger charge is -2.33. The number of hydrogen-bond acceptors (Lipinski definition) is 4. The Kier molecular flexibility index (Phi) is 3.93. The van der Waals surface area contributed by atoms with E-state index < -0.39 is 5.41 Å². The molecule has 2 aromatic heterocycles. The summed E-state index contributed by atoms with van der Waals surface area (Å²) in [6.07, 6.45) is 3.00. The van der Waals surface area contributed by atoms with Gasteiger partial charge in [-0.05, 0) is 67.9 Å². The molecule has 0 saturated heterocycles. The Labute approximate surface area is 185 Å². The van der Waals surface area contributed by atoms with Gasteiger partial charge in [0.1, 0.15) is 11.6 Å². The highest BCUT2D eigenvalue weighted by atomic mass is 19.1. The summed E-state index contributed by atoms with van der Waals surface area (Å²) < 4.78 is 16.5. The van der Waals surface area contributed by atoms with Crippen molar-refractivity contribution in [2.75, 3.05) is 0 Å². The number of aromatic nitrogens is 2. The fourth-order valence-corrected chi connectivity index (χ4v) is 6.17. The van der Waals surface area contributed by atoms with Gasteiger partial charge in [-0.25, -0.2) is 9.37 Å². The van der Waals surface area contributed by atoms with Crippen LogP contribution in [0.1, 0.15) is 72.5 Å².